The minimum Gasteiger partial charge on any atom is -0.491 e. The van der Waals surface area contributed by atoms with E-state index in [1.165, 1.54) is 12.0 Å². The zero-order valence-corrected chi connectivity index (χ0v) is 20.1. The Bertz CT molecular complexity index is 590. The van der Waals surface area contributed by atoms with E-state index in [1.807, 2.05) is 7.05 Å². The van der Waals surface area contributed by atoms with Crippen LogP contribution in [-0.2, 0) is 11.3 Å². The lowest BCUT2D eigenvalue weighted by atomic mass is 10.1. The van der Waals surface area contributed by atoms with E-state index in [4.69, 9.17) is 9.47 Å². The standard InChI is InChI=1S/C21H36N4O2.HI/c1-17(2)27-20-15-18(3)7-8-19(20)16-24-21(22-4)23-9-5-6-10-25-11-13-26-14-12-25;/h7-8,15,17H,5-6,9-14,16H2,1-4H3,(H2,22,23,24);1H. The molecule has 7 heteroatoms. The Kier molecular flexibility index (Phi) is 12.5. The molecule has 0 aromatic heterocycles. The summed E-state index contributed by atoms with van der Waals surface area (Å²) >= 11 is 0. The number of ether oxygens (including phenoxy) is 2. The van der Waals surface area contributed by atoms with Gasteiger partial charge in [-0.3, -0.25) is 9.89 Å². The van der Waals surface area contributed by atoms with Crippen molar-refractivity contribution < 1.29 is 9.47 Å². The quantitative estimate of drug-likeness (QED) is 0.234. The largest absolute Gasteiger partial charge is 0.491 e. The maximum atomic E-state index is 5.95. The molecule has 1 aromatic rings. The van der Waals surface area contributed by atoms with Gasteiger partial charge in [0.25, 0.3) is 0 Å². The summed E-state index contributed by atoms with van der Waals surface area (Å²) in [7, 11) is 1.81. The summed E-state index contributed by atoms with van der Waals surface area (Å²) in [5.74, 6) is 1.77. The molecule has 1 heterocycles. The summed E-state index contributed by atoms with van der Waals surface area (Å²) < 4.78 is 11.3. The van der Waals surface area contributed by atoms with Crippen LogP contribution in [0.4, 0.5) is 0 Å². The van der Waals surface area contributed by atoms with Gasteiger partial charge >= 0.3 is 0 Å². The number of nitrogens with zero attached hydrogens (tertiary/aromatic N) is 2. The summed E-state index contributed by atoms with van der Waals surface area (Å²) in [4.78, 5) is 6.80. The number of unbranched alkanes of at least 4 members (excludes halogenated alkanes) is 1. The molecular weight excluding hydrogens is 467 g/mol. The van der Waals surface area contributed by atoms with Crippen LogP contribution in [-0.4, -0.2) is 63.4 Å². The highest BCUT2D eigenvalue weighted by molar-refractivity contribution is 14.0. The molecule has 1 aliphatic heterocycles. The number of rotatable bonds is 9. The Labute approximate surface area is 187 Å². The molecule has 0 aliphatic carbocycles. The summed E-state index contributed by atoms with van der Waals surface area (Å²) in [5, 5.41) is 6.79. The molecular formula is C21H37IN4O2. The molecule has 1 saturated heterocycles. The van der Waals surface area contributed by atoms with Crippen LogP contribution in [0.3, 0.4) is 0 Å². The van der Waals surface area contributed by atoms with Crippen molar-refractivity contribution in [3.8, 4) is 5.75 Å². The molecule has 2 rings (SSSR count). The molecule has 1 aromatic carbocycles. The van der Waals surface area contributed by atoms with Crippen LogP contribution in [0.15, 0.2) is 23.2 Å². The van der Waals surface area contributed by atoms with Gasteiger partial charge in [0.05, 0.1) is 19.3 Å². The lowest BCUT2D eigenvalue weighted by Gasteiger charge is -2.26. The third kappa shape index (κ3) is 9.43. The third-order valence-electron chi connectivity index (χ3n) is 4.55. The van der Waals surface area contributed by atoms with Crippen LogP contribution in [0.1, 0.15) is 37.8 Å². The molecule has 2 N–H and O–H groups in total. The van der Waals surface area contributed by atoms with Crippen LogP contribution >= 0.6 is 24.0 Å². The van der Waals surface area contributed by atoms with Crippen LogP contribution in [0.25, 0.3) is 0 Å². The number of guanidine groups is 1. The Balaban J connectivity index is 0.00000392. The van der Waals surface area contributed by atoms with Gasteiger partial charge in [0.15, 0.2) is 5.96 Å². The molecule has 160 valence electrons. The van der Waals surface area contributed by atoms with E-state index in [0.29, 0.717) is 6.54 Å². The Morgan fingerprint density at radius 3 is 2.64 bits per heavy atom. The van der Waals surface area contributed by atoms with Crippen LogP contribution < -0.4 is 15.4 Å². The summed E-state index contributed by atoms with van der Waals surface area (Å²) in [6, 6.07) is 6.33. The van der Waals surface area contributed by atoms with E-state index in [2.05, 4.69) is 59.5 Å². The second-order valence-electron chi connectivity index (χ2n) is 7.29. The lowest BCUT2D eigenvalue weighted by Crippen LogP contribution is -2.38. The molecule has 1 aliphatic rings. The van der Waals surface area contributed by atoms with Gasteiger partial charge in [-0.2, -0.15) is 0 Å². The van der Waals surface area contributed by atoms with Crippen molar-refractivity contribution in [3.63, 3.8) is 0 Å². The van der Waals surface area contributed by atoms with Crippen molar-refractivity contribution in [1.29, 1.82) is 0 Å². The minimum atomic E-state index is 0. The fourth-order valence-electron chi connectivity index (χ4n) is 3.06. The van der Waals surface area contributed by atoms with Gasteiger partial charge in [-0.05, 0) is 51.8 Å². The van der Waals surface area contributed by atoms with Gasteiger partial charge in [-0.25, -0.2) is 0 Å². The third-order valence-corrected chi connectivity index (χ3v) is 4.55. The number of halogens is 1. The van der Waals surface area contributed by atoms with Crippen LogP contribution in [0.5, 0.6) is 5.75 Å². The first-order valence-corrected chi connectivity index (χ1v) is 10.1. The fraction of sp³-hybridized carbons (Fsp3) is 0.667. The summed E-state index contributed by atoms with van der Waals surface area (Å²) in [5.41, 5.74) is 2.35. The van der Waals surface area contributed by atoms with Crippen molar-refractivity contribution in [1.82, 2.24) is 15.5 Å². The average Bonchev–Trinajstić information content (AvgIpc) is 2.65. The zero-order valence-electron chi connectivity index (χ0n) is 17.8. The Morgan fingerprint density at radius 2 is 1.96 bits per heavy atom. The van der Waals surface area contributed by atoms with E-state index in [1.54, 1.807) is 0 Å². The van der Waals surface area contributed by atoms with E-state index in [-0.39, 0.29) is 30.1 Å². The van der Waals surface area contributed by atoms with Gasteiger partial charge in [0.2, 0.25) is 0 Å². The second-order valence-corrected chi connectivity index (χ2v) is 7.29. The van der Waals surface area contributed by atoms with Crippen LogP contribution in [0.2, 0.25) is 0 Å². The molecule has 0 unspecified atom stereocenters. The van der Waals surface area contributed by atoms with Crippen molar-refractivity contribution in [2.75, 3.05) is 46.4 Å². The zero-order chi connectivity index (χ0) is 19.5. The van der Waals surface area contributed by atoms with Crippen molar-refractivity contribution in [2.45, 2.75) is 46.3 Å². The average molecular weight is 504 g/mol. The Morgan fingerprint density at radius 1 is 1.21 bits per heavy atom. The number of hydrogen-bond acceptors (Lipinski definition) is 4. The molecule has 0 bridgehead atoms. The number of morpholine rings is 1. The highest BCUT2D eigenvalue weighted by atomic mass is 127. The molecule has 0 radical (unpaired) electrons. The van der Waals surface area contributed by atoms with Crippen molar-refractivity contribution in [2.24, 2.45) is 4.99 Å². The van der Waals surface area contributed by atoms with E-state index in [0.717, 1.165) is 63.1 Å². The SMILES string of the molecule is CN=C(NCCCCN1CCOCC1)NCc1ccc(C)cc1OC(C)C.I. The molecule has 6 nitrogen and oxygen atoms in total. The van der Waals surface area contributed by atoms with Crippen molar-refractivity contribution >= 4 is 29.9 Å². The fourth-order valence-corrected chi connectivity index (χ4v) is 3.06. The monoisotopic (exact) mass is 504 g/mol. The molecule has 0 amide bonds. The van der Waals surface area contributed by atoms with Gasteiger partial charge in [0.1, 0.15) is 5.75 Å². The van der Waals surface area contributed by atoms with Gasteiger partial charge in [-0.15, -0.1) is 24.0 Å². The molecule has 1 fully saturated rings. The topological polar surface area (TPSA) is 58.1 Å². The number of hydrogen-bond donors (Lipinski definition) is 2. The normalized spacial score (nSPS) is 15.2. The van der Waals surface area contributed by atoms with E-state index >= 15 is 0 Å². The lowest BCUT2D eigenvalue weighted by molar-refractivity contribution is 0.0372. The smallest absolute Gasteiger partial charge is 0.191 e. The first-order valence-electron chi connectivity index (χ1n) is 10.1. The minimum absolute atomic E-state index is 0. The van der Waals surface area contributed by atoms with Gasteiger partial charge in [-0.1, -0.05) is 12.1 Å². The predicted molar refractivity (Wildman–Crippen MR) is 127 cm³/mol. The first-order chi connectivity index (χ1) is 13.1. The van der Waals surface area contributed by atoms with Crippen molar-refractivity contribution in [3.05, 3.63) is 29.3 Å². The van der Waals surface area contributed by atoms with E-state index in [9.17, 15) is 0 Å². The van der Waals surface area contributed by atoms with Gasteiger partial charge < -0.3 is 20.1 Å². The highest BCUT2D eigenvalue weighted by Gasteiger charge is 2.10. The van der Waals surface area contributed by atoms with E-state index < -0.39 is 0 Å². The summed E-state index contributed by atoms with van der Waals surface area (Å²) in [6.45, 7) is 12.8. The first kappa shape index (κ1) is 25.0. The predicted octanol–water partition coefficient (Wildman–Crippen LogP) is 3.18. The van der Waals surface area contributed by atoms with Gasteiger partial charge in [0, 0.05) is 38.8 Å². The second kappa shape index (κ2) is 14.0. The number of aryl methyl sites for hydroxylation is 1. The molecule has 28 heavy (non-hydrogen) atoms. The molecule has 0 saturated carbocycles. The summed E-state index contributed by atoms with van der Waals surface area (Å²) in [6.07, 6.45) is 2.48. The number of aliphatic imine (C=N–C) groups is 1. The highest BCUT2D eigenvalue weighted by Crippen LogP contribution is 2.21. The molecule has 0 atom stereocenters. The van der Waals surface area contributed by atoms with Crippen LogP contribution in [0, 0.1) is 6.92 Å². The maximum absolute atomic E-state index is 5.95. The number of benzene rings is 1. The maximum Gasteiger partial charge on any atom is 0.191 e. The number of nitrogens with one attached hydrogen (secondary N) is 2. The Hall–Kier alpha value is -1.06. The molecule has 0 spiro atoms.